The molecule has 1 aromatic carbocycles. The average Bonchev–Trinajstić information content (AvgIpc) is 2.44. The normalized spacial score (nSPS) is 22.4. The predicted octanol–water partition coefficient (Wildman–Crippen LogP) is 4.37. The summed E-state index contributed by atoms with van der Waals surface area (Å²) < 4.78 is 0.954. The van der Waals surface area contributed by atoms with Crippen LogP contribution in [0.3, 0.4) is 0 Å². The van der Waals surface area contributed by atoms with Crippen LogP contribution in [0.25, 0.3) is 0 Å². The number of hydrogen-bond acceptors (Lipinski definition) is 2. The van der Waals surface area contributed by atoms with Crippen molar-refractivity contribution >= 4 is 27.5 Å². The zero-order chi connectivity index (χ0) is 13.8. The monoisotopic (exact) mass is 344 g/mol. The summed E-state index contributed by atoms with van der Waals surface area (Å²) in [6.07, 6.45) is 5.12. The molecule has 1 aliphatic rings. The van der Waals surface area contributed by atoms with Crippen LogP contribution in [0, 0.1) is 0 Å². The van der Waals surface area contributed by atoms with Gasteiger partial charge in [0.25, 0.3) is 0 Å². The zero-order valence-electron chi connectivity index (χ0n) is 11.4. The standard InChI is InChI=1S/C15H22BrClN2/c1-2-12-5-3-4-8-19(12)15(10-18)11-6-7-14(17)13(16)9-11/h6-7,9,12,15H,2-5,8,10,18H2,1H3. The van der Waals surface area contributed by atoms with E-state index in [4.69, 9.17) is 17.3 Å². The molecule has 0 aromatic heterocycles. The van der Waals surface area contributed by atoms with E-state index < -0.39 is 0 Å². The first kappa shape index (κ1) is 15.3. The van der Waals surface area contributed by atoms with Crippen LogP contribution in [0.5, 0.6) is 0 Å². The molecule has 1 fully saturated rings. The van der Waals surface area contributed by atoms with Gasteiger partial charge in [-0.3, -0.25) is 4.90 Å². The van der Waals surface area contributed by atoms with Gasteiger partial charge in [-0.2, -0.15) is 0 Å². The highest BCUT2D eigenvalue weighted by molar-refractivity contribution is 9.10. The third-order valence-electron chi connectivity index (χ3n) is 4.10. The van der Waals surface area contributed by atoms with E-state index in [0.29, 0.717) is 18.6 Å². The molecule has 2 nitrogen and oxygen atoms in total. The first-order chi connectivity index (χ1) is 9.17. The molecule has 1 heterocycles. The van der Waals surface area contributed by atoms with Gasteiger partial charge in [0.15, 0.2) is 0 Å². The van der Waals surface area contributed by atoms with Crippen LogP contribution in [0.4, 0.5) is 0 Å². The maximum atomic E-state index is 6.08. The molecule has 1 aliphatic heterocycles. The van der Waals surface area contributed by atoms with Crippen LogP contribution in [0.15, 0.2) is 22.7 Å². The number of likely N-dealkylation sites (tertiary alicyclic amines) is 1. The van der Waals surface area contributed by atoms with E-state index >= 15 is 0 Å². The van der Waals surface area contributed by atoms with Crippen LogP contribution in [0.2, 0.25) is 5.02 Å². The van der Waals surface area contributed by atoms with Crippen LogP contribution < -0.4 is 5.73 Å². The summed E-state index contributed by atoms with van der Waals surface area (Å²) in [6, 6.07) is 7.14. The Balaban J connectivity index is 2.24. The van der Waals surface area contributed by atoms with Crippen molar-refractivity contribution in [1.82, 2.24) is 4.90 Å². The van der Waals surface area contributed by atoms with Crippen molar-refractivity contribution in [3.8, 4) is 0 Å². The minimum Gasteiger partial charge on any atom is -0.329 e. The minimum absolute atomic E-state index is 0.304. The molecule has 0 aliphatic carbocycles. The minimum atomic E-state index is 0.304. The molecule has 2 N–H and O–H groups in total. The third-order valence-corrected chi connectivity index (χ3v) is 5.31. The summed E-state index contributed by atoms with van der Waals surface area (Å²) in [7, 11) is 0. The molecule has 2 atom stereocenters. The van der Waals surface area contributed by atoms with Crippen molar-refractivity contribution in [2.45, 2.75) is 44.7 Å². The Morgan fingerprint density at radius 2 is 2.26 bits per heavy atom. The lowest BCUT2D eigenvalue weighted by Gasteiger charge is -2.41. The molecule has 0 saturated carbocycles. The Hall–Kier alpha value is -0.0900. The van der Waals surface area contributed by atoms with Gasteiger partial charge in [-0.1, -0.05) is 31.0 Å². The van der Waals surface area contributed by atoms with Crippen molar-refractivity contribution in [3.05, 3.63) is 33.3 Å². The largest absolute Gasteiger partial charge is 0.329 e. The molecule has 0 radical (unpaired) electrons. The van der Waals surface area contributed by atoms with Gasteiger partial charge in [0.05, 0.1) is 5.02 Å². The molecule has 4 heteroatoms. The molecule has 2 unspecified atom stereocenters. The molecule has 0 amide bonds. The second-order valence-electron chi connectivity index (χ2n) is 5.22. The van der Waals surface area contributed by atoms with Gasteiger partial charge < -0.3 is 5.73 Å². The summed E-state index contributed by atoms with van der Waals surface area (Å²) >= 11 is 9.59. The quantitative estimate of drug-likeness (QED) is 0.878. The summed E-state index contributed by atoms with van der Waals surface area (Å²) in [6.45, 7) is 4.08. The molecule has 2 rings (SSSR count). The highest BCUT2D eigenvalue weighted by Crippen LogP contribution is 2.32. The highest BCUT2D eigenvalue weighted by atomic mass is 79.9. The first-order valence-corrected chi connectivity index (χ1v) is 8.25. The number of hydrogen-bond donors (Lipinski definition) is 1. The molecule has 0 spiro atoms. The number of nitrogens with zero attached hydrogens (tertiary/aromatic N) is 1. The fourth-order valence-electron chi connectivity index (χ4n) is 3.05. The SMILES string of the molecule is CCC1CCCCN1C(CN)c1ccc(Cl)c(Br)c1. The van der Waals surface area contributed by atoms with Crippen LogP contribution >= 0.6 is 27.5 Å². The molecule has 0 bridgehead atoms. The smallest absolute Gasteiger partial charge is 0.0548 e. The van der Waals surface area contributed by atoms with Crippen molar-refractivity contribution in [2.24, 2.45) is 5.73 Å². The number of nitrogens with two attached hydrogens (primary N) is 1. The molecule has 1 aromatic rings. The Morgan fingerprint density at radius 3 is 2.89 bits per heavy atom. The Labute approximate surface area is 129 Å². The second-order valence-corrected chi connectivity index (χ2v) is 6.48. The fraction of sp³-hybridized carbons (Fsp3) is 0.600. The maximum absolute atomic E-state index is 6.08. The van der Waals surface area contributed by atoms with Gasteiger partial charge in [0.2, 0.25) is 0 Å². The van der Waals surface area contributed by atoms with Gasteiger partial charge >= 0.3 is 0 Å². The summed E-state index contributed by atoms with van der Waals surface area (Å²) in [4.78, 5) is 2.58. The average molecular weight is 346 g/mol. The third kappa shape index (κ3) is 3.52. The number of rotatable bonds is 4. The van der Waals surface area contributed by atoms with Crippen molar-refractivity contribution in [1.29, 1.82) is 0 Å². The maximum Gasteiger partial charge on any atom is 0.0548 e. The van der Waals surface area contributed by atoms with Crippen molar-refractivity contribution in [2.75, 3.05) is 13.1 Å². The molecular weight excluding hydrogens is 324 g/mol. The number of benzene rings is 1. The lowest BCUT2D eigenvalue weighted by molar-refractivity contribution is 0.0949. The highest BCUT2D eigenvalue weighted by Gasteiger charge is 2.28. The van der Waals surface area contributed by atoms with E-state index in [0.717, 1.165) is 16.0 Å². The number of piperidine rings is 1. The van der Waals surface area contributed by atoms with E-state index in [2.05, 4.69) is 39.9 Å². The van der Waals surface area contributed by atoms with E-state index in [-0.39, 0.29) is 0 Å². The van der Waals surface area contributed by atoms with E-state index in [1.54, 1.807) is 0 Å². The lowest BCUT2D eigenvalue weighted by Crippen LogP contribution is -2.44. The topological polar surface area (TPSA) is 29.3 Å². The fourth-order valence-corrected chi connectivity index (χ4v) is 3.57. The van der Waals surface area contributed by atoms with Gasteiger partial charge in [-0.05, 0) is 59.4 Å². The Kier molecular flexibility index (Phi) is 5.70. The number of halogens is 2. The van der Waals surface area contributed by atoms with Crippen LogP contribution in [-0.2, 0) is 0 Å². The van der Waals surface area contributed by atoms with Gasteiger partial charge in [-0.15, -0.1) is 0 Å². The van der Waals surface area contributed by atoms with Gasteiger partial charge in [-0.25, -0.2) is 0 Å². The van der Waals surface area contributed by atoms with Crippen LogP contribution in [-0.4, -0.2) is 24.0 Å². The van der Waals surface area contributed by atoms with Crippen molar-refractivity contribution < 1.29 is 0 Å². The van der Waals surface area contributed by atoms with Crippen LogP contribution in [0.1, 0.15) is 44.2 Å². The lowest BCUT2D eigenvalue weighted by atomic mass is 9.95. The van der Waals surface area contributed by atoms with Gasteiger partial charge in [0, 0.05) is 23.1 Å². The van der Waals surface area contributed by atoms with Crippen molar-refractivity contribution in [3.63, 3.8) is 0 Å². The first-order valence-electron chi connectivity index (χ1n) is 7.08. The van der Waals surface area contributed by atoms with E-state index in [9.17, 15) is 0 Å². The summed E-state index contributed by atoms with van der Waals surface area (Å²) in [5.74, 6) is 0. The molecular formula is C15H22BrClN2. The Bertz CT molecular complexity index is 425. The zero-order valence-corrected chi connectivity index (χ0v) is 13.8. The molecule has 106 valence electrons. The molecule has 19 heavy (non-hydrogen) atoms. The summed E-state index contributed by atoms with van der Waals surface area (Å²) in [5, 5.41) is 0.755. The molecule has 1 saturated heterocycles. The van der Waals surface area contributed by atoms with E-state index in [1.807, 2.05) is 6.07 Å². The predicted molar refractivity (Wildman–Crippen MR) is 85.6 cm³/mol. The second kappa shape index (κ2) is 7.07. The Morgan fingerprint density at radius 1 is 1.47 bits per heavy atom. The van der Waals surface area contributed by atoms with Gasteiger partial charge in [0.1, 0.15) is 0 Å². The summed E-state index contributed by atoms with van der Waals surface area (Å²) in [5.41, 5.74) is 7.31. The van der Waals surface area contributed by atoms with E-state index in [1.165, 1.54) is 31.2 Å².